The molecule has 0 N–H and O–H groups in total. The molecule has 0 aliphatic rings. The highest BCUT2D eigenvalue weighted by Gasteiger charge is 2.29. The fourth-order valence-corrected chi connectivity index (χ4v) is 3.74. The van der Waals surface area contributed by atoms with E-state index >= 15 is 0 Å². The molecule has 0 unspecified atom stereocenters. The van der Waals surface area contributed by atoms with Crippen LogP contribution in [0.15, 0.2) is 34.9 Å². The van der Waals surface area contributed by atoms with Crippen molar-refractivity contribution in [3.05, 3.63) is 34.9 Å². The lowest BCUT2D eigenvalue weighted by molar-refractivity contribution is 0.0519. The Morgan fingerprint density at radius 1 is 0.971 bits per heavy atom. The number of halogens is 1. The first-order valence-electron chi connectivity index (χ1n) is 10.9. The van der Waals surface area contributed by atoms with Gasteiger partial charge >= 0.3 is 12.2 Å². The van der Waals surface area contributed by atoms with E-state index in [-0.39, 0.29) is 17.2 Å². The molecule has 0 fully saturated rings. The molecule has 0 spiro atoms. The number of aromatic nitrogens is 5. The highest BCUT2D eigenvalue weighted by Crippen LogP contribution is 2.33. The fourth-order valence-electron chi connectivity index (χ4n) is 3.41. The minimum Gasteiger partial charge on any atom is -0.497 e. The molecule has 0 amide bonds. The van der Waals surface area contributed by atoms with Crippen LogP contribution in [-0.4, -0.2) is 54.8 Å². The fraction of sp³-hybridized carbons (Fsp3) is 0.375. The molecule has 11 heteroatoms. The van der Waals surface area contributed by atoms with Gasteiger partial charge in [0.25, 0.3) is 0 Å². The topological polar surface area (TPSA) is 110 Å². The molecule has 35 heavy (non-hydrogen) atoms. The van der Waals surface area contributed by atoms with E-state index in [1.54, 1.807) is 72.0 Å². The van der Waals surface area contributed by atoms with Crippen LogP contribution in [0.3, 0.4) is 0 Å². The molecule has 0 saturated heterocycles. The van der Waals surface area contributed by atoms with E-state index in [0.29, 0.717) is 26.6 Å². The van der Waals surface area contributed by atoms with E-state index in [2.05, 4.69) is 31.0 Å². The standard InChI is InChI=1S/C24H26BrN5O5/c1-23(2,3)34-21(31)29-17-11-14(33-7)8-9-16(17)27-20(29)18-15-10-13(25)12-26-19(15)30(28-18)22(32)35-24(4,5)6/h8-12H,1-7H3. The van der Waals surface area contributed by atoms with Gasteiger partial charge in [-0.15, -0.1) is 4.68 Å². The Hall–Kier alpha value is -3.47. The minimum atomic E-state index is -0.758. The number of carbonyl (C=O) groups excluding carboxylic acids is 2. The minimum absolute atomic E-state index is 0.190. The van der Waals surface area contributed by atoms with Crippen molar-refractivity contribution in [2.45, 2.75) is 52.7 Å². The van der Waals surface area contributed by atoms with Crippen LogP contribution in [0.25, 0.3) is 33.6 Å². The van der Waals surface area contributed by atoms with Crippen molar-refractivity contribution in [1.29, 1.82) is 0 Å². The molecule has 10 nitrogen and oxygen atoms in total. The van der Waals surface area contributed by atoms with Gasteiger partial charge < -0.3 is 14.2 Å². The summed E-state index contributed by atoms with van der Waals surface area (Å²) in [5, 5.41) is 5.00. The maximum absolute atomic E-state index is 13.4. The van der Waals surface area contributed by atoms with Crippen LogP contribution in [0.1, 0.15) is 41.5 Å². The molecular weight excluding hydrogens is 518 g/mol. The molecule has 3 heterocycles. The lowest BCUT2D eigenvalue weighted by Crippen LogP contribution is -2.28. The average Bonchev–Trinajstić information content (AvgIpc) is 3.28. The summed E-state index contributed by atoms with van der Waals surface area (Å²) in [4.78, 5) is 35.4. The summed E-state index contributed by atoms with van der Waals surface area (Å²) in [6.45, 7) is 10.6. The van der Waals surface area contributed by atoms with Crippen molar-refractivity contribution < 1.29 is 23.8 Å². The normalized spacial score (nSPS) is 12.2. The van der Waals surface area contributed by atoms with Crippen LogP contribution in [0, 0.1) is 0 Å². The van der Waals surface area contributed by atoms with Gasteiger partial charge in [-0.3, -0.25) is 0 Å². The van der Waals surface area contributed by atoms with Crippen LogP contribution >= 0.6 is 15.9 Å². The smallest absolute Gasteiger partial charge is 0.437 e. The van der Waals surface area contributed by atoms with Crippen LogP contribution in [-0.2, 0) is 9.47 Å². The van der Waals surface area contributed by atoms with Crippen LogP contribution < -0.4 is 4.74 Å². The van der Waals surface area contributed by atoms with E-state index in [1.807, 2.05) is 0 Å². The number of ether oxygens (including phenoxy) is 3. The molecule has 1 aromatic carbocycles. The first-order valence-corrected chi connectivity index (χ1v) is 11.6. The molecular formula is C24H26BrN5O5. The van der Waals surface area contributed by atoms with Crippen molar-refractivity contribution >= 4 is 50.2 Å². The summed E-state index contributed by atoms with van der Waals surface area (Å²) >= 11 is 3.42. The monoisotopic (exact) mass is 543 g/mol. The van der Waals surface area contributed by atoms with E-state index in [9.17, 15) is 9.59 Å². The maximum Gasteiger partial charge on any atom is 0.437 e. The number of benzene rings is 1. The molecule has 0 bridgehead atoms. The van der Waals surface area contributed by atoms with Gasteiger partial charge in [-0.1, -0.05) is 0 Å². The molecule has 4 rings (SSSR count). The Labute approximate surface area is 210 Å². The third-order valence-corrected chi connectivity index (χ3v) is 5.14. The molecule has 4 aromatic rings. The first kappa shape index (κ1) is 24.6. The molecule has 0 aliphatic heterocycles. The summed E-state index contributed by atoms with van der Waals surface area (Å²) in [5.41, 5.74) is 0.0156. The third kappa shape index (κ3) is 5.00. The molecule has 0 radical (unpaired) electrons. The molecule has 0 saturated carbocycles. The zero-order valence-corrected chi connectivity index (χ0v) is 22.1. The quantitative estimate of drug-likeness (QED) is 0.312. The summed E-state index contributed by atoms with van der Waals surface area (Å²) in [6, 6.07) is 6.93. The summed E-state index contributed by atoms with van der Waals surface area (Å²) < 4.78 is 19.6. The van der Waals surface area contributed by atoms with Crippen molar-refractivity contribution in [2.75, 3.05) is 7.11 Å². The van der Waals surface area contributed by atoms with Crippen molar-refractivity contribution in [3.8, 4) is 17.3 Å². The second kappa shape index (κ2) is 8.63. The predicted octanol–water partition coefficient (Wildman–Crippen LogP) is 5.79. The molecule has 0 aliphatic carbocycles. The Morgan fingerprint density at radius 2 is 1.63 bits per heavy atom. The van der Waals surface area contributed by atoms with Crippen molar-refractivity contribution in [1.82, 2.24) is 24.3 Å². The first-order chi connectivity index (χ1) is 16.3. The van der Waals surface area contributed by atoms with E-state index in [1.165, 1.54) is 11.7 Å². The highest BCUT2D eigenvalue weighted by atomic mass is 79.9. The third-order valence-electron chi connectivity index (χ3n) is 4.70. The average molecular weight is 544 g/mol. The number of pyridine rings is 1. The van der Waals surface area contributed by atoms with Gasteiger partial charge in [0.1, 0.15) is 22.6 Å². The number of hydrogen-bond donors (Lipinski definition) is 0. The van der Waals surface area contributed by atoms with Crippen LogP contribution in [0.4, 0.5) is 9.59 Å². The van der Waals surface area contributed by atoms with Gasteiger partial charge in [-0.25, -0.2) is 24.1 Å². The SMILES string of the molecule is COc1ccc2nc(-c3nn(C(=O)OC(C)(C)C)c4ncc(Br)cc34)n(C(=O)OC(C)(C)C)c2c1. The van der Waals surface area contributed by atoms with Gasteiger partial charge in [0.05, 0.1) is 23.5 Å². The zero-order chi connectivity index (χ0) is 25.7. The number of hydrogen-bond acceptors (Lipinski definition) is 8. The predicted molar refractivity (Wildman–Crippen MR) is 134 cm³/mol. The zero-order valence-electron chi connectivity index (χ0n) is 20.5. The van der Waals surface area contributed by atoms with Gasteiger partial charge in [-0.05, 0) is 75.7 Å². The van der Waals surface area contributed by atoms with Gasteiger partial charge in [0.2, 0.25) is 0 Å². The number of imidazole rings is 1. The lowest BCUT2D eigenvalue weighted by atomic mass is 10.2. The second-order valence-electron chi connectivity index (χ2n) is 9.87. The largest absolute Gasteiger partial charge is 0.497 e. The molecule has 184 valence electrons. The van der Waals surface area contributed by atoms with E-state index in [0.717, 1.165) is 4.68 Å². The van der Waals surface area contributed by atoms with Crippen LogP contribution in [0.2, 0.25) is 0 Å². The number of rotatable bonds is 2. The number of methoxy groups -OCH3 is 1. The molecule has 0 atom stereocenters. The van der Waals surface area contributed by atoms with E-state index in [4.69, 9.17) is 14.2 Å². The van der Waals surface area contributed by atoms with Crippen molar-refractivity contribution in [2.24, 2.45) is 0 Å². The van der Waals surface area contributed by atoms with E-state index < -0.39 is 23.4 Å². The summed E-state index contributed by atoms with van der Waals surface area (Å²) in [6.07, 6.45) is 0.201. The number of fused-ring (bicyclic) bond motifs is 2. The Balaban J connectivity index is 2.01. The lowest BCUT2D eigenvalue weighted by Gasteiger charge is -2.20. The van der Waals surface area contributed by atoms with Gasteiger partial charge in [-0.2, -0.15) is 5.10 Å². The Kier molecular flexibility index (Phi) is 6.08. The maximum atomic E-state index is 13.4. The van der Waals surface area contributed by atoms with Gasteiger partial charge in [0, 0.05) is 16.7 Å². The summed E-state index contributed by atoms with van der Waals surface area (Å²) in [5.74, 6) is 0.733. The van der Waals surface area contributed by atoms with Crippen LogP contribution in [0.5, 0.6) is 5.75 Å². The second-order valence-corrected chi connectivity index (χ2v) is 10.8. The highest BCUT2D eigenvalue weighted by molar-refractivity contribution is 9.10. The van der Waals surface area contributed by atoms with Crippen molar-refractivity contribution in [3.63, 3.8) is 0 Å². The molecule has 3 aromatic heterocycles. The number of nitrogens with zero attached hydrogens (tertiary/aromatic N) is 5. The van der Waals surface area contributed by atoms with Gasteiger partial charge in [0.15, 0.2) is 11.5 Å². The number of carbonyl (C=O) groups is 2. The summed E-state index contributed by atoms with van der Waals surface area (Å²) in [7, 11) is 1.54. The Morgan fingerprint density at radius 3 is 2.26 bits per heavy atom. The Bertz CT molecular complexity index is 1460.